The number of benzene rings is 1. The smallest absolute Gasteiger partial charge is 0.159 e. The third-order valence-electron chi connectivity index (χ3n) is 3.96. The summed E-state index contributed by atoms with van der Waals surface area (Å²) in [6.07, 6.45) is 0. The van der Waals surface area contributed by atoms with Gasteiger partial charge in [0.1, 0.15) is 29.8 Å². The third-order valence-corrected chi connectivity index (χ3v) is 5.08. The van der Waals surface area contributed by atoms with Crippen LogP contribution in [0.4, 0.5) is 0 Å². The Kier molecular flexibility index (Phi) is 5.45. The van der Waals surface area contributed by atoms with Gasteiger partial charge in [0.25, 0.3) is 0 Å². The lowest BCUT2D eigenvalue weighted by molar-refractivity contribution is 0.0805. The molecule has 7 nitrogen and oxygen atoms in total. The number of nitrogens with zero attached hydrogens (tertiary/aromatic N) is 4. The first-order valence-corrected chi connectivity index (χ1v) is 9.55. The molecule has 1 aliphatic rings. The highest BCUT2D eigenvalue weighted by Gasteiger charge is 2.15. The lowest BCUT2D eigenvalue weighted by Crippen LogP contribution is -2.22. The number of nitrogens with one attached hydrogen (secondary N) is 1. The summed E-state index contributed by atoms with van der Waals surface area (Å²) in [5, 5.41) is 15.4. The van der Waals surface area contributed by atoms with Crippen LogP contribution in [0.25, 0.3) is 0 Å². The zero-order valence-corrected chi connectivity index (χ0v) is 15.6. The van der Waals surface area contributed by atoms with Gasteiger partial charge in [-0.15, -0.1) is 21.5 Å². The predicted octanol–water partition coefficient (Wildman–Crippen LogP) is 2.79. The normalized spacial score (nSPS) is 13.6. The predicted molar refractivity (Wildman–Crippen MR) is 98.1 cm³/mol. The van der Waals surface area contributed by atoms with E-state index in [1.807, 2.05) is 29.6 Å². The summed E-state index contributed by atoms with van der Waals surface area (Å²) < 4.78 is 13.2. The van der Waals surface area contributed by atoms with E-state index in [1.165, 1.54) is 0 Å². The Bertz CT molecular complexity index is 864. The first-order chi connectivity index (χ1) is 12.8. The summed E-state index contributed by atoms with van der Waals surface area (Å²) in [5.41, 5.74) is 0.992. The van der Waals surface area contributed by atoms with E-state index >= 15 is 0 Å². The van der Waals surface area contributed by atoms with E-state index in [2.05, 4.69) is 25.1 Å². The monoisotopic (exact) mass is 391 g/mol. The molecule has 136 valence electrons. The van der Waals surface area contributed by atoms with E-state index in [9.17, 15) is 0 Å². The molecule has 9 heteroatoms. The SMILES string of the molecule is Clc1ccc(OCc2nc(CNCc3nnc4n3CCOC4)cs2)cc1. The van der Waals surface area contributed by atoms with E-state index in [0.717, 1.165) is 34.6 Å². The van der Waals surface area contributed by atoms with Gasteiger partial charge >= 0.3 is 0 Å². The molecule has 0 bridgehead atoms. The van der Waals surface area contributed by atoms with Crippen LogP contribution in [-0.2, 0) is 37.6 Å². The molecule has 1 aromatic carbocycles. The Morgan fingerprint density at radius 2 is 2.12 bits per heavy atom. The second-order valence-electron chi connectivity index (χ2n) is 5.82. The number of thiazole rings is 1. The summed E-state index contributed by atoms with van der Waals surface area (Å²) in [7, 11) is 0. The first-order valence-electron chi connectivity index (χ1n) is 8.29. The van der Waals surface area contributed by atoms with E-state index in [4.69, 9.17) is 21.1 Å². The van der Waals surface area contributed by atoms with E-state index in [-0.39, 0.29) is 0 Å². The van der Waals surface area contributed by atoms with Gasteiger partial charge in [-0.05, 0) is 24.3 Å². The Morgan fingerprint density at radius 3 is 3.00 bits per heavy atom. The van der Waals surface area contributed by atoms with Gasteiger partial charge < -0.3 is 19.4 Å². The molecule has 2 aromatic heterocycles. The Hall–Kier alpha value is -2.00. The highest BCUT2D eigenvalue weighted by atomic mass is 35.5. The molecule has 26 heavy (non-hydrogen) atoms. The fourth-order valence-corrected chi connectivity index (χ4v) is 3.49. The van der Waals surface area contributed by atoms with Gasteiger partial charge in [-0.3, -0.25) is 0 Å². The van der Waals surface area contributed by atoms with E-state index in [1.54, 1.807) is 11.3 Å². The van der Waals surface area contributed by atoms with Crippen molar-refractivity contribution in [2.75, 3.05) is 6.61 Å². The highest BCUT2D eigenvalue weighted by Crippen LogP contribution is 2.18. The van der Waals surface area contributed by atoms with Gasteiger partial charge in [0.2, 0.25) is 0 Å². The van der Waals surface area contributed by atoms with Crippen LogP contribution < -0.4 is 10.1 Å². The van der Waals surface area contributed by atoms with Gasteiger partial charge in [0.05, 0.1) is 18.8 Å². The topological polar surface area (TPSA) is 74.1 Å². The lowest BCUT2D eigenvalue weighted by atomic mass is 10.3. The van der Waals surface area contributed by atoms with Crippen LogP contribution in [0.15, 0.2) is 29.6 Å². The molecule has 0 atom stereocenters. The van der Waals surface area contributed by atoms with Crippen LogP contribution in [-0.4, -0.2) is 26.4 Å². The van der Waals surface area contributed by atoms with Gasteiger partial charge in [-0.2, -0.15) is 0 Å². The van der Waals surface area contributed by atoms with Crippen molar-refractivity contribution in [1.29, 1.82) is 0 Å². The molecule has 0 fully saturated rings. The minimum atomic E-state index is 0.448. The minimum absolute atomic E-state index is 0.448. The quantitative estimate of drug-likeness (QED) is 0.667. The van der Waals surface area contributed by atoms with Crippen molar-refractivity contribution in [3.63, 3.8) is 0 Å². The molecule has 0 radical (unpaired) electrons. The van der Waals surface area contributed by atoms with Crippen LogP contribution in [0.2, 0.25) is 5.02 Å². The van der Waals surface area contributed by atoms with Crippen LogP contribution in [0.5, 0.6) is 5.75 Å². The van der Waals surface area contributed by atoms with Crippen molar-refractivity contribution in [1.82, 2.24) is 25.1 Å². The Labute approximate surface area is 159 Å². The van der Waals surface area contributed by atoms with E-state index in [0.29, 0.717) is 37.9 Å². The number of halogens is 1. The third kappa shape index (κ3) is 4.21. The maximum absolute atomic E-state index is 5.87. The number of hydrogen-bond acceptors (Lipinski definition) is 7. The fourth-order valence-electron chi connectivity index (χ4n) is 2.66. The second kappa shape index (κ2) is 8.13. The molecular formula is C17H18ClN5O2S. The molecule has 1 N–H and O–H groups in total. The fraction of sp³-hybridized carbons (Fsp3) is 0.353. The molecule has 4 rings (SSSR count). The van der Waals surface area contributed by atoms with Gasteiger partial charge in [-0.1, -0.05) is 11.6 Å². The molecule has 0 spiro atoms. The highest BCUT2D eigenvalue weighted by molar-refractivity contribution is 7.09. The average molecular weight is 392 g/mol. The summed E-state index contributed by atoms with van der Waals surface area (Å²) in [6.45, 7) is 3.83. The van der Waals surface area contributed by atoms with E-state index < -0.39 is 0 Å². The molecule has 3 aromatic rings. The van der Waals surface area contributed by atoms with Crippen LogP contribution in [0.3, 0.4) is 0 Å². The van der Waals surface area contributed by atoms with Crippen LogP contribution in [0, 0.1) is 0 Å². The van der Waals surface area contributed by atoms with Crippen molar-refractivity contribution < 1.29 is 9.47 Å². The number of ether oxygens (including phenoxy) is 2. The molecule has 0 saturated heterocycles. The summed E-state index contributed by atoms with van der Waals surface area (Å²) >= 11 is 7.46. The molecular weight excluding hydrogens is 374 g/mol. The summed E-state index contributed by atoms with van der Waals surface area (Å²) in [5.74, 6) is 2.61. The lowest BCUT2D eigenvalue weighted by Gasteiger charge is -2.15. The van der Waals surface area contributed by atoms with Crippen molar-refractivity contribution in [3.8, 4) is 5.75 Å². The van der Waals surface area contributed by atoms with Crippen LogP contribution in [0.1, 0.15) is 22.4 Å². The maximum Gasteiger partial charge on any atom is 0.159 e. The van der Waals surface area contributed by atoms with Crippen LogP contribution >= 0.6 is 22.9 Å². The molecule has 0 aliphatic carbocycles. The first kappa shape index (κ1) is 17.4. The average Bonchev–Trinajstić information content (AvgIpc) is 3.29. The molecule has 1 aliphatic heterocycles. The number of hydrogen-bond donors (Lipinski definition) is 1. The van der Waals surface area contributed by atoms with Gasteiger partial charge in [-0.25, -0.2) is 4.98 Å². The number of aromatic nitrogens is 4. The summed E-state index contributed by atoms with van der Waals surface area (Å²) in [6, 6.07) is 7.32. The molecule has 0 amide bonds. The standard InChI is InChI=1S/C17H18ClN5O2S/c18-12-1-3-14(4-2-12)25-10-17-20-13(11-26-17)7-19-8-15-21-22-16-9-24-6-5-23(15)16/h1-4,11,19H,5-10H2. The van der Waals surface area contributed by atoms with Crippen molar-refractivity contribution in [2.24, 2.45) is 0 Å². The largest absolute Gasteiger partial charge is 0.486 e. The Balaban J connectivity index is 1.26. The van der Waals surface area contributed by atoms with Crippen molar-refractivity contribution in [3.05, 3.63) is 57.0 Å². The van der Waals surface area contributed by atoms with Gasteiger partial charge in [0.15, 0.2) is 5.82 Å². The maximum atomic E-state index is 5.87. The zero-order valence-electron chi connectivity index (χ0n) is 14.0. The zero-order chi connectivity index (χ0) is 17.8. The molecule has 3 heterocycles. The molecule has 0 unspecified atom stereocenters. The molecule has 0 saturated carbocycles. The van der Waals surface area contributed by atoms with Crippen molar-refractivity contribution in [2.45, 2.75) is 32.8 Å². The number of rotatable bonds is 7. The van der Waals surface area contributed by atoms with Gasteiger partial charge in [0, 0.05) is 23.5 Å². The number of fused-ring (bicyclic) bond motifs is 1. The summed E-state index contributed by atoms with van der Waals surface area (Å²) in [4.78, 5) is 4.59. The second-order valence-corrected chi connectivity index (χ2v) is 7.19. The minimum Gasteiger partial charge on any atom is -0.486 e. The Morgan fingerprint density at radius 1 is 1.23 bits per heavy atom. The van der Waals surface area contributed by atoms with Crippen molar-refractivity contribution >= 4 is 22.9 Å².